The lowest BCUT2D eigenvalue weighted by molar-refractivity contribution is -0.122. The maximum absolute atomic E-state index is 13.0. The number of aromatic nitrogens is 2. The maximum Gasteiger partial charge on any atom is 0.281 e. The third-order valence-electron chi connectivity index (χ3n) is 4.44. The maximum atomic E-state index is 13.0. The molecule has 0 saturated heterocycles. The lowest BCUT2D eigenvalue weighted by atomic mass is 10.0. The summed E-state index contributed by atoms with van der Waals surface area (Å²) in [6.07, 6.45) is 1.34. The Balaban J connectivity index is 1.54. The summed E-state index contributed by atoms with van der Waals surface area (Å²) in [7, 11) is 0. The molecule has 0 radical (unpaired) electrons. The van der Waals surface area contributed by atoms with Gasteiger partial charge in [-0.3, -0.25) is 15.0 Å². The molecule has 0 fully saturated rings. The van der Waals surface area contributed by atoms with Crippen LogP contribution in [-0.4, -0.2) is 22.2 Å². The number of fused-ring (bicyclic) bond motifs is 1. The van der Waals surface area contributed by atoms with Crippen LogP contribution in [0.1, 0.15) is 10.4 Å². The van der Waals surface area contributed by atoms with Crippen LogP contribution in [0.3, 0.4) is 0 Å². The van der Waals surface area contributed by atoms with Crippen LogP contribution < -0.4 is 11.0 Å². The van der Waals surface area contributed by atoms with E-state index >= 15 is 0 Å². The molecule has 4 rings (SSSR count). The average Bonchev–Trinajstić information content (AvgIpc) is 3.08. The lowest BCUT2D eigenvalue weighted by Gasteiger charge is -2.09. The van der Waals surface area contributed by atoms with Crippen LogP contribution in [0.25, 0.3) is 21.3 Å². The molecule has 2 heterocycles. The minimum Gasteiger partial charge on any atom is -0.367 e. The fraction of sp³-hybridized carbons (Fsp3) is 0.136. The third-order valence-corrected chi connectivity index (χ3v) is 5.45. The van der Waals surface area contributed by atoms with Gasteiger partial charge in [0, 0.05) is 10.4 Å². The van der Waals surface area contributed by atoms with E-state index in [0.29, 0.717) is 16.8 Å². The average molecular weight is 405 g/mol. The number of carbonyl (C=O) groups excluding carboxylic acids is 1. The fourth-order valence-corrected chi connectivity index (χ4v) is 4.14. The quantitative estimate of drug-likeness (QED) is 0.531. The number of hydrogen-bond acceptors (Lipinski definition) is 5. The zero-order valence-corrected chi connectivity index (χ0v) is 16.6. The Bertz CT molecular complexity index is 1200. The van der Waals surface area contributed by atoms with Crippen LogP contribution in [-0.2, 0) is 16.1 Å². The van der Waals surface area contributed by atoms with Gasteiger partial charge in [-0.25, -0.2) is 9.66 Å². The van der Waals surface area contributed by atoms with Crippen LogP contribution in [0.2, 0.25) is 0 Å². The van der Waals surface area contributed by atoms with Gasteiger partial charge in [0.15, 0.2) is 0 Å². The highest BCUT2D eigenvalue weighted by Crippen LogP contribution is 2.35. The van der Waals surface area contributed by atoms with E-state index in [1.54, 1.807) is 0 Å². The second-order valence-electron chi connectivity index (χ2n) is 6.51. The smallest absolute Gasteiger partial charge is 0.281 e. The molecule has 7 heteroatoms. The summed E-state index contributed by atoms with van der Waals surface area (Å²) < 4.78 is 6.55. The Hall–Kier alpha value is -3.29. The van der Waals surface area contributed by atoms with Crippen molar-refractivity contribution >= 4 is 27.5 Å². The van der Waals surface area contributed by atoms with Gasteiger partial charge < -0.3 is 4.74 Å². The molecule has 0 bridgehead atoms. The van der Waals surface area contributed by atoms with Gasteiger partial charge in [-0.05, 0) is 18.1 Å². The summed E-state index contributed by atoms with van der Waals surface area (Å²) in [5.74, 6) is -0.419. The number of benzene rings is 2. The summed E-state index contributed by atoms with van der Waals surface area (Å²) in [5, 5.41) is 0.506. The van der Waals surface area contributed by atoms with Gasteiger partial charge in [-0.15, -0.1) is 11.3 Å². The molecule has 0 aliphatic carbocycles. The number of rotatable bonds is 6. The van der Waals surface area contributed by atoms with Crippen molar-refractivity contribution in [2.75, 3.05) is 12.0 Å². The van der Waals surface area contributed by atoms with E-state index < -0.39 is 5.91 Å². The number of nitrogens with one attached hydrogen (secondary N) is 1. The summed E-state index contributed by atoms with van der Waals surface area (Å²) in [6.45, 7) is 2.13. The van der Waals surface area contributed by atoms with Crippen LogP contribution >= 0.6 is 11.3 Å². The number of thiophene rings is 1. The summed E-state index contributed by atoms with van der Waals surface area (Å²) in [4.78, 5) is 31.3. The normalized spacial score (nSPS) is 10.9. The van der Waals surface area contributed by atoms with Gasteiger partial charge in [0.05, 0.1) is 12.0 Å². The van der Waals surface area contributed by atoms with Crippen molar-refractivity contribution in [3.05, 3.63) is 87.8 Å². The molecule has 6 nitrogen and oxygen atoms in total. The van der Waals surface area contributed by atoms with Crippen molar-refractivity contribution in [3.63, 3.8) is 0 Å². The summed E-state index contributed by atoms with van der Waals surface area (Å²) >= 11 is 1.47. The Morgan fingerprint density at radius 2 is 1.79 bits per heavy atom. The highest BCUT2D eigenvalue weighted by atomic mass is 32.1. The molecule has 0 atom stereocenters. The Labute approximate surface area is 171 Å². The summed E-state index contributed by atoms with van der Waals surface area (Å²) in [6, 6.07) is 19.3. The first kappa shape index (κ1) is 19.0. The van der Waals surface area contributed by atoms with Crippen molar-refractivity contribution in [3.8, 4) is 11.1 Å². The van der Waals surface area contributed by atoms with Gasteiger partial charge in [0.2, 0.25) is 0 Å². The van der Waals surface area contributed by atoms with Gasteiger partial charge in [0.25, 0.3) is 11.5 Å². The van der Waals surface area contributed by atoms with Crippen LogP contribution in [0, 0.1) is 6.92 Å². The second kappa shape index (κ2) is 8.38. The highest BCUT2D eigenvalue weighted by Gasteiger charge is 2.17. The molecule has 4 aromatic rings. The lowest BCUT2D eigenvalue weighted by Crippen LogP contribution is -2.35. The fourth-order valence-electron chi connectivity index (χ4n) is 3.14. The first-order valence-corrected chi connectivity index (χ1v) is 9.93. The van der Waals surface area contributed by atoms with Crippen molar-refractivity contribution in [1.82, 2.24) is 9.66 Å². The molecular formula is C22H19N3O3S. The van der Waals surface area contributed by atoms with E-state index in [1.807, 2.05) is 67.6 Å². The van der Waals surface area contributed by atoms with Crippen molar-refractivity contribution in [1.29, 1.82) is 0 Å². The first-order valence-electron chi connectivity index (χ1n) is 9.11. The molecular weight excluding hydrogens is 386 g/mol. The zero-order chi connectivity index (χ0) is 20.2. The van der Waals surface area contributed by atoms with Crippen LogP contribution in [0.4, 0.5) is 0 Å². The number of ether oxygens (including phenoxy) is 1. The topological polar surface area (TPSA) is 73.2 Å². The Morgan fingerprint density at radius 3 is 2.52 bits per heavy atom. The first-order chi connectivity index (χ1) is 14.1. The largest absolute Gasteiger partial charge is 0.367 e. The highest BCUT2D eigenvalue weighted by molar-refractivity contribution is 7.19. The van der Waals surface area contributed by atoms with Crippen molar-refractivity contribution in [2.24, 2.45) is 0 Å². The van der Waals surface area contributed by atoms with Gasteiger partial charge in [-0.2, -0.15) is 0 Å². The summed E-state index contributed by atoms with van der Waals surface area (Å²) in [5.41, 5.74) is 5.03. The SMILES string of the molecule is Cc1sc2ncn(NC(=O)COCc3ccccc3)c(=O)c2c1-c1ccccc1. The Morgan fingerprint density at radius 1 is 1.10 bits per heavy atom. The predicted octanol–water partition coefficient (Wildman–Crippen LogP) is 3.72. The van der Waals surface area contributed by atoms with E-state index in [2.05, 4.69) is 10.4 Å². The number of amides is 1. The van der Waals surface area contributed by atoms with E-state index in [9.17, 15) is 9.59 Å². The molecule has 0 aliphatic heterocycles. The van der Waals surface area contributed by atoms with E-state index in [1.165, 1.54) is 17.7 Å². The Kier molecular flexibility index (Phi) is 5.50. The van der Waals surface area contributed by atoms with Crippen molar-refractivity contribution in [2.45, 2.75) is 13.5 Å². The third kappa shape index (κ3) is 4.11. The van der Waals surface area contributed by atoms with E-state index in [-0.39, 0.29) is 12.2 Å². The second-order valence-corrected chi connectivity index (χ2v) is 7.72. The van der Waals surface area contributed by atoms with Crippen LogP contribution in [0.15, 0.2) is 71.8 Å². The number of hydrogen-bond donors (Lipinski definition) is 1. The van der Waals surface area contributed by atoms with E-state index in [0.717, 1.165) is 26.2 Å². The zero-order valence-electron chi connectivity index (χ0n) is 15.8. The minimum atomic E-state index is -0.419. The molecule has 2 aromatic carbocycles. The van der Waals surface area contributed by atoms with E-state index in [4.69, 9.17) is 4.74 Å². The standard InChI is InChI=1S/C22H19N3O3S/c1-15-19(17-10-6-3-7-11-17)20-21(29-15)23-14-25(22(20)27)24-18(26)13-28-12-16-8-4-2-5-9-16/h2-11,14H,12-13H2,1H3,(H,24,26). The molecule has 29 heavy (non-hydrogen) atoms. The minimum absolute atomic E-state index is 0.159. The molecule has 0 spiro atoms. The monoisotopic (exact) mass is 405 g/mol. The predicted molar refractivity (Wildman–Crippen MR) is 115 cm³/mol. The number of carbonyl (C=O) groups is 1. The van der Waals surface area contributed by atoms with Gasteiger partial charge in [0.1, 0.15) is 17.8 Å². The molecule has 0 unspecified atom stereocenters. The molecule has 0 aliphatic rings. The van der Waals surface area contributed by atoms with Gasteiger partial charge in [-0.1, -0.05) is 60.7 Å². The van der Waals surface area contributed by atoms with Crippen LogP contribution in [0.5, 0.6) is 0 Å². The number of aryl methyl sites for hydroxylation is 1. The molecule has 0 saturated carbocycles. The van der Waals surface area contributed by atoms with Gasteiger partial charge >= 0.3 is 0 Å². The molecule has 2 aromatic heterocycles. The number of nitrogens with zero attached hydrogens (tertiary/aromatic N) is 2. The van der Waals surface area contributed by atoms with Crippen molar-refractivity contribution < 1.29 is 9.53 Å². The molecule has 1 amide bonds. The molecule has 146 valence electrons. The molecule has 1 N–H and O–H groups in total.